The number of benzene rings is 1. The lowest BCUT2D eigenvalue weighted by molar-refractivity contribution is -0.129. The van der Waals surface area contributed by atoms with E-state index in [-0.39, 0.29) is 12.5 Å². The highest BCUT2D eigenvalue weighted by atomic mass is 79.9. The molecule has 0 fully saturated rings. The lowest BCUT2D eigenvalue weighted by atomic mass is 10.1. The molecule has 0 heterocycles. The zero-order valence-electron chi connectivity index (χ0n) is 9.98. The molecule has 0 unspecified atom stereocenters. The molecular weight excluding hydrogens is 300 g/mol. The zero-order chi connectivity index (χ0) is 13.5. The Morgan fingerprint density at radius 1 is 1.44 bits per heavy atom. The highest BCUT2D eigenvalue weighted by Gasteiger charge is 2.19. The summed E-state index contributed by atoms with van der Waals surface area (Å²) in [4.78, 5) is 22.7. The Morgan fingerprint density at radius 3 is 2.67 bits per heavy atom. The van der Waals surface area contributed by atoms with Gasteiger partial charge in [0.25, 0.3) is 0 Å². The third-order valence-corrected chi connectivity index (χ3v) is 3.11. The minimum absolute atomic E-state index is 0.0975. The van der Waals surface area contributed by atoms with Gasteiger partial charge in [0.05, 0.1) is 0 Å². The van der Waals surface area contributed by atoms with Crippen LogP contribution in [0.4, 0.5) is 0 Å². The van der Waals surface area contributed by atoms with Crippen LogP contribution in [0.1, 0.15) is 5.56 Å². The van der Waals surface area contributed by atoms with Gasteiger partial charge >= 0.3 is 0 Å². The van der Waals surface area contributed by atoms with Crippen LogP contribution >= 0.6 is 15.9 Å². The molecule has 0 radical (unpaired) electrons. The maximum atomic E-state index is 11.4. The summed E-state index contributed by atoms with van der Waals surface area (Å²) in [6, 6.07) is 6.71. The van der Waals surface area contributed by atoms with E-state index >= 15 is 0 Å². The number of ether oxygens (including phenoxy) is 1. The van der Waals surface area contributed by atoms with Crippen LogP contribution in [-0.4, -0.2) is 31.6 Å². The van der Waals surface area contributed by atoms with Crippen LogP contribution in [-0.2, 0) is 20.7 Å². The first-order valence-corrected chi connectivity index (χ1v) is 6.15. The van der Waals surface area contributed by atoms with Crippen molar-refractivity contribution >= 4 is 27.7 Å². The third-order valence-electron chi connectivity index (χ3n) is 2.34. The number of nitrogens with two attached hydrogens (primary N) is 1. The molecule has 3 N–H and O–H groups in total. The number of methoxy groups -OCH3 is 1. The molecular formula is C12H15BrN2O3. The maximum Gasteiger partial charge on any atom is 0.246 e. The van der Waals surface area contributed by atoms with Gasteiger partial charge in [0.1, 0.15) is 12.6 Å². The van der Waals surface area contributed by atoms with Gasteiger partial charge in [-0.3, -0.25) is 9.59 Å². The Labute approximate surface area is 114 Å². The summed E-state index contributed by atoms with van der Waals surface area (Å²) in [7, 11) is 1.41. The molecule has 2 amide bonds. The Kier molecular flexibility index (Phi) is 5.80. The monoisotopic (exact) mass is 314 g/mol. The van der Waals surface area contributed by atoms with E-state index in [0.717, 1.165) is 10.0 Å². The molecule has 6 heteroatoms. The molecule has 1 rings (SSSR count). The van der Waals surface area contributed by atoms with Crippen molar-refractivity contribution in [1.82, 2.24) is 5.32 Å². The summed E-state index contributed by atoms with van der Waals surface area (Å²) in [5.74, 6) is -0.941. The molecule has 0 saturated heterocycles. The van der Waals surface area contributed by atoms with Crippen molar-refractivity contribution in [2.45, 2.75) is 12.5 Å². The summed E-state index contributed by atoms with van der Waals surface area (Å²) in [6.45, 7) is -0.0975. The molecule has 0 spiro atoms. The first kappa shape index (κ1) is 14.7. The van der Waals surface area contributed by atoms with Crippen LogP contribution in [0, 0.1) is 0 Å². The molecule has 1 atom stereocenters. The van der Waals surface area contributed by atoms with Gasteiger partial charge in [0, 0.05) is 18.0 Å². The van der Waals surface area contributed by atoms with Gasteiger partial charge in [-0.2, -0.15) is 0 Å². The van der Waals surface area contributed by atoms with Crippen molar-refractivity contribution < 1.29 is 14.3 Å². The lowest BCUT2D eigenvalue weighted by Gasteiger charge is -2.16. The Morgan fingerprint density at radius 2 is 2.11 bits per heavy atom. The quantitative estimate of drug-likeness (QED) is 0.807. The summed E-state index contributed by atoms with van der Waals surface area (Å²) < 4.78 is 5.56. The third kappa shape index (κ3) is 4.46. The van der Waals surface area contributed by atoms with E-state index in [4.69, 9.17) is 5.73 Å². The van der Waals surface area contributed by atoms with Crippen LogP contribution < -0.4 is 11.1 Å². The molecule has 0 saturated carbocycles. The van der Waals surface area contributed by atoms with Crippen LogP contribution in [0.25, 0.3) is 0 Å². The molecule has 1 aromatic rings. The van der Waals surface area contributed by atoms with Crippen LogP contribution in [0.5, 0.6) is 0 Å². The van der Waals surface area contributed by atoms with Crippen molar-refractivity contribution in [2.75, 3.05) is 13.7 Å². The fourth-order valence-electron chi connectivity index (χ4n) is 1.47. The van der Waals surface area contributed by atoms with E-state index in [1.54, 1.807) is 0 Å². The van der Waals surface area contributed by atoms with Gasteiger partial charge in [-0.05, 0) is 11.6 Å². The van der Waals surface area contributed by atoms with Crippen LogP contribution in [0.2, 0.25) is 0 Å². The largest absolute Gasteiger partial charge is 0.375 e. The molecule has 0 aliphatic rings. The number of nitrogens with one attached hydrogen (secondary N) is 1. The highest BCUT2D eigenvalue weighted by molar-refractivity contribution is 9.10. The van der Waals surface area contributed by atoms with Crippen molar-refractivity contribution in [1.29, 1.82) is 0 Å². The van der Waals surface area contributed by atoms with E-state index in [1.807, 2.05) is 24.3 Å². The lowest BCUT2D eigenvalue weighted by Crippen LogP contribution is -2.47. The highest BCUT2D eigenvalue weighted by Crippen LogP contribution is 2.17. The van der Waals surface area contributed by atoms with Crippen LogP contribution in [0.15, 0.2) is 28.7 Å². The van der Waals surface area contributed by atoms with Gasteiger partial charge in [-0.1, -0.05) is 34.1 Å². The van der Waals surface area contributed by atoms with Gasteiger partial charge in [-0.25, -0.2) is 0 Å². The normalized spacial score (nSPS) is 11.9. The first-order chi connectivity index (χ1) is 8.54. The van der Waals surface area contributed by atoms with Gasteiger partial charge < -0.3 is 15.8 Å². The number of primary amides is 1. The van der Waals surface area contributed by atoms with Crippen molar-refractivity contribution in [3.63, 3.8) is 0 Å². The summed E-state index contributed by atoms with van der Waals surface area (Å²) >= 11 is 3.38. The topological polar surface area (TPSA) is 81.4 Å². The zero-order valence-corrected chi connectivity index (χ0v) is 11.6. The minimum Gasteiger partial charge on any atom is -0.375 e. The number of hydrogen-bond acceptors (Lipinski definition) is 3. The number of halogens is 1. The average Bonchev–Trinajstić information content (AvgIpc) is 2.31. The van der Waals surface area contributed by atoms with Crippen molar-refractivity contribution in [3.05, 3.63) is 34.3 Å². The van der Waals surface area contributed by atoms with E-state index in [2.05, 4.69) is 26.0 Å². The Balaban J connectivity index is 2.72. The molecule has 98 valence electrons. The predicted octanol–water partition coefficient (Wildman–Crippen LogP) is 0.608. The number of amides is 2. The van der Waals surface area contributed by atoms with Crippen molar-refractivity contribution in [2.24, 2.45) is 5.73 Å². The minimum atomic E-state index is -0.744. The standard InChI is InChI=1S/C12H15BrN2O3/c1-18-7-11(16)15-10(12(14)17)6-8-4-2-3-5-9(8)13/h2-5,10H,6-7H2,1H3,(H2,14,17)(H,15,16)/t10-/m0/s1. The second kappa shape index (κ2) is 7.13. The molecule has 0 aliphatic carbocycles. The first-order valence-electron chi connectivity index (χ1n) is 5.35. The van der Waals surface area contributed by atoms with E-state index in [0.29, 0.717) is 6.42 Å². The number of rotatable bonds is 6. The number of carbonyl (C=O) groups is 2. The fraction of sp³-hybridized carbons (Fsp3) is 0.333. The fourth-order valence-corrected chi connectivity index (χ4v) is 1.92. The molecule has 18 heavy (non-hydrogen) atoms. The van der Waals surface area contributed by atoms with Gasteiger partial charge in [0.15, 0.2) is 0 Å². The smallest absolute Gasteiger partial charge is 0.246 e. The molecule has 0 aliphatic heterocycles. The predicted molar refractivity (Wildman–Crippen MR) is 70.8 cm³/mol. The summed E-state index contributed by atoms with van der Waals surface area (Å²) in [5, 5.41) is 2.53. The van der Waals surface area contributed by atoms with E-state index < -0.39 is 11.9 Å². The SMILES string of the molecule is COCC(=O)N[C@@H](Cc1ccccc1Br)C(N)=O. The summed E-state index contributed by atoms with van der Waals surface area (Å²) in [5.41, 5.74) is 6.17. The number of carbonyl (C=O) groups excluding carboxylic acids is 2. The van der Waals surface area contributed by atoms with Crippen LogP contribution in [0.3, 0.4) is 0 Å². The molecule has 0 bridgehead atoms. The second-order valence-electron chi connectivity index (χ2n) is 3.75. The molecule has 0 aromatic heterocycles. The second-order valence-corrected chi connectivity index (χ2v) is 4.61. The average molecular weight is 315 g/mol. The van der Waals surface area contributed by atoms with E-state index in [1.165, 1.54) is 7.11 Å². The Bertz CT molecular complexity index is 437. The molecule has 1 aromatic carbocycles. The van der Waals surface area contributed by atoms with Crippen molar-refractivity contribution in [3.8, 4) is 0 Å². The Hall–Kier alpha value is -1.40. The van der Waals surface area contributed by atoms with Gasteiger partial charge in [-0.15, -0.1) is 0 Å². The molecule has 5 nitrogen and oxygen atoms in total. The maximum absolute atomic E-state index is 11.4. The van der Waals surface area contributed by atoms with E-state index in [9.17, 15) is 9.59 Å². The number of hydrogen-bond donors (Lipinski definition) is 2. The summed E-state index contributed by atoms with van der Waals surface area (Å²) in [6.07, 6.45) is 0.339. The van der Waals surface area contributed by atoms with Gasteiger partial charge in [0.2, 0.25) is 11.8 Å².